The number of morpholine rings is 1. The highest BCUT2D eigenvalue weighted by Gasteiger charge is 2.24. The van der Waals surface area contributed by atoms with Crippen LogP contribution < -0.4 is 5.32 Å². The van der Waals surface area contributed by atoms with E-state index in [1.807, 2.05) is 0 Å². The second kappa shape index (κ2) is 6.55. The van der Waals surface area contributed by atoms with E-state index >= 15 is 0 Å². The number of rotatable bonds is 6. The second-order valence-corrected chi connectivity index (χ2v) is 4.80. The van der Waals surface area contributed by atoms with Crippen LogP contribution in [0.4, 0.5) is 0 Å². The zero-order valence-electron chi connectivity index (χ0n) is 10.5. The Morgan fingerprint density at radius 3 is 2.56 bits per heavy atom. The van der Waals surface area contributed by atoms with Gasteiger partial charge in [-0.2, -0.15) is 0 Å². The summed E-state index contributed by atoms with van der Waals surface area (Å²) < 4.78 is 5.37. The molecule has 0 radical (unpaired) electrons. The minimum absolute atomic E-state index is 0.793. The van der Waals surface area contributed by atoms with Crippen molar-refractivity contribution in [3.05, 3.63) is 0 Å². The van der Waals surface area contributed by atoms with Crippen LogP contribution in [0.25, 0.3) is 0 Å². The Hall–Kier alpha value is -0.160. The highest BCUT2D eigenvalue weighted by molar-refractivity contribution is 4.84. The van der Waals surface area contributed by atoms with Crippen LogP contribution in [-0.4, -0.2) is 74.9 Å². The van der Waals surface area contributed by atoms with Gasteiger partial charge in [-0.05, 0) is 13.0 Å². The molecule has 2 aliphatic rings. The Morgan fingerprint density at radius 1 is 1.25 bits per heavy atom. The molecule has 0 spiro atoms. The van der Waals surface area contributed by atoms with E-state index in [0.29, 0.717) is 0 Å². The second-order valence-electron chi connectivity index (χ2n) is 4.80. The molecule has 2 fully saturated rings. The highest BCUT2D eigenvalue weighted by atomic mass is 16.5. The van der Waals surface area contributed by atoms with Crippen molar-refractivity contribution in [2.75, 3.05) is 59.0 Å². The maximum Gasteiger partial charge on any atom is 0.0594 e. The molecule has 0 aromatic rings. The van der Waals surface area contributed by atoms with Crippen molar-refractivity contribution in [2.45, 2.75) is 19.4 Å². The Bertz CT molecular complexity index is 191. The zero-order valence-corrected chi connectivity index (χ0v) is 10.5. The van der Waals surface area contributed by atoms with E-state index in [9.17, 15) is 0 Å². The Kier molecular flexibility index (Phi) is 5.03. The van der Waals surface area contributed by atoms with Crippen molar-refractivity contribution >= 4 is 0 Å². The first-order chi connectivity index (χ1) is 7.90. The van der Waals surface area contributed by atoms with Gasteiger partial charge in [0.25, 0.3) is 0 Å². The lowest BCUT2D eigenvalue weighted by molar-refractivity contribution is 0.0285. The molecule has 0 aromatic heterocycles. The van der Waals surface area contributed by atoms with E-state index in [0.717, 1.165) is 32.3 Å². The summed E-state index contributed by atoms with van der Waals surface area (Å²) in [4.78, 5) is 5.17. The van der Waals surface area contributed by atoms with Gasteiger partial charge in [0.05, 0.1) is 13.2 Å². The third kappa shape index (κ3) is 3.42. The van der Waals surface area contributed by atoms with E-state index in [2.05, 4.69) is 22.0 Å². The third-order valence-corrected chi connectivity index (χ3v) is 3.59. The highest BCUT2D eigenvalue weighted by Crippen LogP contribution is 2.06. The van der Waals surface area contributed by atoms with E-state index in [1.54, 1.807) is 0 Å². The standard InChI is InChI=1S/C12H25N3O/c1-2-3-15(12-10-13-11-12)5-4-14-6-8-16-9-7-14/h12-13H,2-11H2,1H3. The maximum atomic E-state index is 5.37. The predicted molar refractivity (Wildman–Crippen MR) is 65.8 cm³/mol. The lowest BCUT2D eigenvalue weighted by Gasteiger charge is -2.39. The van der Waals surface area contributed by atoms with Gasteiger partial charge in [0, 0.05) is 45.3 Å². The summed E-state index contributed by atoms with van der Waals surface area (Å²) in [7, 11) is 0. The molecule has 0 aromatic carbocycles. The van der Waals surface area contributed by atoms with Gasteiger partial charge < -0.3 is 10.1 Å². The molecule has 1 N–H and O–H groups in total. The lowest BCUT2D eigenvalue weighted by atomic mass is 10.1. The van der Waals surface area contributed by atoms with Crippen LogP contribution in [0.2, 0.25) is 0 Å². The van der Waals surface area contributed by atoms with Crippen molar-refractivity contribution in [2.24, 2.45) is 0 Å². The van der Waals surface area contributed by atoms with Crippen LogP contribution in [0.5, 0.6) is 0 Å². The SMILES string of the molecule is CCCN(CCN1CCOCC1)C1CNC1. The van der Waals surface area contributed by atoms with Crippen LogP contribution in [0, 0.1) is 0 Å². The normalized spacial score (nSPS) is 23.6. The van der Waals surface area contributed by atoms with E-state index in [1.165, 1.54) is 39.1 Å². The third-order valence-electron chi connectivity index (χ3n) is 3.59. The monoisotopic (exact) mass is 227 g/mol. The molecule has 16 heavy (non-hydrogen) atoms. The van der Waals surface area contributed by atoms with Crippen LogP contribution in [0.1, 0.15) is 13.3 Å². The smallest absolute Gasteiger partial charge is 0.0594 e. The first kappa shape index (κ1) is 12.3. The summed E-state index contributed by atoms with van der Waals surface area (Å²) in [6.07, 6.45) is 1.26. The average molecular weight is 227 g/mol. The molecule has 2 heterocycles. The topological polar surface area (TPSA) is 27.7 Å². The van der Waals surface area contributed by atoms with Crippen LogP contribution in [0.15, 0.2) is 0 Å². The van der Waals surface area contributed by atoms with Gasteiger partial charge in [-0.3, -0.25) is 9.80 Å². The molecule has 4 heteroatoms. The number of hydrogen-bond acceptors (Lipinski definition) is 4. The molecule has 0 unspecified atom stereocenters. The molecule has 0 atom stereocenters. The Morgan fingerprint density at radius 2 is 2.00 bits per heavy atom. The van der Waals surface area contributed by atoms with E-state index < -0.39 is 0 Å². The first-order valence-corrected chi connectivity index (χ1v) is 6.65. The fourth-order valence-corrected chi connectivity index (χ4v) is 2.39. The lowest BCUT2D eigenvalue weighted by Crippen LogP contribution is -2.58. The number of hydrogen-bond donors (Lipinski definition) is 1. The largest absolute Gasteiger partial charge is 0.379 e. The van der Waals surface area contributed by atoms with E-state index in [-0.39, 0.29) is 0 Å². The molecule has 2 saturated heterocycles. The Balaban J connectivity index is 1.67. The predicted octanol–water partition coefficient (Wildman–Crippen LogP) is 0.00240. The molecule has 0 bridgehead atoms. The van der Waals surface area contributed by atoms with Gasteiger partial charge >= 0.3 is 0 Å². The molecule has 0 aliphatic carbocycles. The summed E-state index contributed by atoms with van der Waals surface area (Å²) in [6.45, 7) is 12.4. The molecular formula is C12H25N3O. The fourth-order valence-electron chi connectivity index (χ4n) is 2.39. The van der Waals surface area contributed by atoms with Crippen molar-refractivity contribution in [3.8, 4) is 0 Å². The molecule has 94 valence electrons. The molecule has 2 rings (SSSR count). The summed E-state index contributed by atoms with van der Waals surface area (Å²) in [6, 6.07) is 0.793. The number of nitrogens with one attached hydrogen (secondary N) is 1. The zero-order chi connectivity index (χ0) is 11.2. The van der Waals surface area contributed by atoms with Crippen molar-refractivity contribution in [1.29, 1.82) is 0 Å². The Labute approximate surface area is 98.9 Å². The quantitative estimate of drug-likeness (QED) is 0.691. The summed E-state index contributed by atoms with van der Waals surface area (Å²) >= 11 is 0. The van der Waals surface area contributed by atoms with Gasteiger partial charge in [0.2, 0.25) is 0 Å². The summed E-state index contributed by atoms with van der Waals surface area (Å²) in [5, 5.41) is 3.36. The van der Waals surface area contributed by atoms with Crippen molar-refractivity contribution in [1.82, 2.24) is 15.1 Å². The fraction of sp³-hybridized carbons (Fsp3) is 1.00. The molecular weight excluding hydrogens is 202 g/mol. The molecule has 0 saturated carbocycles. The van der Waals surface area contributed by atoms with Crippen molar-refractivity contribution < 1.29 is 4.74 Å². The summed E-state index contributed by atoms with van der Waals surface area (Å²) in [5.74, 6) is 0. The molecule has 2 aliphatic heterocycles. The molecule has 0 amide bonds. The van der Waals surface area contributed by atoms with Gasteiger partial charge in [-0.15, -0.1) is 0 Å². The average Bonchev–Trinajstić information content (AvgIpc) is 2.25. The van der Waals surface area contributed by atoms with Gasteiger partial charge in [-0.25, -0.2) is 0 Å². The van der Waals surface area contributed by atoms with Gasteiger partial charge in [-0.1, -0.05) is 6.92 Å². The van der Waals surface area contributed by atoms with Crippen LogP contribution >= 0.6 is 0 Å². The summed E-state index contributed by atoms with van der Waals surface area (Å²) in [5.41, 5.74) is 0. The maximum absolute atomic E-state index is 5.37. The van der Waals surface area contributed by atoms with Crippen molar-refractivity contribution in [3.63, 3.8) is 0 Å². The van der Waals surface area contributed by atoms with Gasteiger partial charge in [0.1, 0.15) is 0 Å². The van der Waals surface area contributed by atoms with Crippen LogP contribution in [0.3, 0.4) is 0 Å². The van der Waals surface area contributed by atoms with Gasteiger partial charge in [0.15, 0.2) is 0 Å². The minimum Gasteiger partial charge on any atom is -0.379 e. The van der Waals surface area contributed by atoms with E-state index in [4.69, 9.17) is 4.74 Å². The number of ether oxygens (including phenoxy) is 1. The first-order valence-electron chi connectivity index (χ1n) is 6.65. The van der Waals surface area contributed by atoms with Crippen LogP contribution in [-0.2, 0) is 4.74 Å². The number of nitrogens with zero attached hydrogens (tertiary/aromatic N) is 2. The minimum atomic E-state index is 0.793. The molecule has 4 nitrogen and oxygen atoms in total.